The van der Waals surface area contributed by atoms with E-state index >= 15 is 0 Å². The highest BCUT2D eigenvalue weighted by Crippen LogP contribution is 2.28. The van der Waals surface area contributed by atoms with Crippen molar-refractivity contribution in [3.8, 4) is 6.01 Å². The first-order valence-electron chi connectivity index (χ1n) is 8.25. The summed E-state index contributed by atoms with van der Waals surface area (Å²) in [4.78, 5) is 9.57. The zero-order valence-corrected chi connectivity index (χ0v) is 14.0. The molecule has 2 aromatic rings. The Morgan fingerprint density at radius 1 is 1.12 bits per heavy atom. The van der Waals surface area contributed by atoms with Crippen LogP contribution in [0.4, 0.5) is 13.2 Å². The molecule has 0 unspecified atom stereocenters. The van der Waals surface area contributed by atoms with E-state index in [2.05, 4.69) is 46.1 Å². The number of ether oxygens (including phenoxy) is 1. The van der Waals surface area contributed by atoms with Gasteiger partial charge >= 0.3 is 12.2 Å². The molecule has 4 nitrogen and oxygen atoms in total. The predicted molar refractivity (Wildman–Crippen MR) is 87.1 cm³/mol. The molecule has 0 spiro atoms. The summed E-state index contributed by atoms with van der Waals surface area (Å²) < 4.78 is 43.6. The maximum absolute atomic E-state index is 12.7. The van der Waals surface area contributed by atoms with Crippen LogP contribution < -0.4 is 4.74 Å². The van der Waals surface area contributed by atoms with Gasteiger partial charge in [-0.05, 0) is 31.4 Å². The van der Waals surface area contributed by atoms with Crippen LogP contribution in [0, 0.1) is 6.92 Å². The van der Waals surface area contributed by atoms with Crippen LogP contribution in [-0.2, 0) is 12.7 Å². The number of piperidine rings is 1. The minimum absolute atomic E-state index is 0.155. The van der Waals surface area contributed by atoms with Crippen LogP contribution in [-0.4, -0.2) is 34.1 Å². The van der Waals surface area contributed by atoms with Gasteiger partial charge in [0.1, 0.15) is 6.10 Å². The van der Waals surface area contributed by atoms with E-state index in [1.807, 2.05) is 0 Å². The fraction of sp³-hybridized carbons (Fsp3) is 0.444. The largest absolute Gasteiger partial charge is 0.460 e. The number of rotatable bonds is 4. The molecule has 1 aliphatic heterocycles. The van der Waals surface area contributed by atoms with Crippen LogP contribution >= 0.6 is 0 Å². The van der Waals surface area contributed by atoms with Gasteiger partial charge in [-0.3, -0.25) is 4.90 Å². The fourth-order valence-electron chi connectivity index (χ4n) is 2.84. The van der Waals surface area contributed by atoms with Crippen molar-refractivity contribution >= 4 is 0 Å². The highest BCUT2D eigenvalue weighted by Gasteiger charge is 2.33. The highest BCUT2D eigenvalue weighted by atomic mass is 19.4. The average molecular weight is 351 g/mol. The number of alkyl halides is 3. The van der Waals surface area contributed by atoms with Crippen molar-refractivity contribution in [1.82, 2.24) is 14.9 Å². The molecule has 7 heteroatoms. The summed E-state index contributed by atoms with van der Waals surface area (Å²) in [6.07, 6.45) is -2.08. The first-order valence-corrected chi connectivity index (χ1v) is 8.25. The highest BCUT2D eigenvalue weighted by molar-refractivity contribution is 5.21. The van der Waals surface area contributed by atoms with E-state index in [9.17, 15) is 13.2 Å². The molecule has 0 radical (unpaired) electrons. The molecular formula is C18H20F3N3O. The normalized spacial score (nSPS) is 16.8. The van der Waals surface area contributed by atoms with E-state index in [0.29, 0.717) is 0 Å². The van der Waals surface area contributed by atoms with Crippen LogP contribution in [0.5, 0.6) is 6.01 Å². The van der Waals surface area contributed by atoms with Crippen LogP contribution in [0.2, 0.25) is 0 Å². The lowest BCUT2D eigenvalue weighted by molar-refractivity contribution is -0.141. The number of benzene rings is 1. The van der Waals surface area contributed by atoms with E-state index in [1.54, 1.807) is 0 Å². The molecule has 1 aliphatic rings. The smallest absolute Gasteiger partial charge is 0.433 e. The van der Waals surface area contributed by atoms with E-state index in [-0.39, 0.29) is 12.1 Å². The van der Waals surface area contributed by atoms with E-state index in [4.69, 9.17) is 4.74 Å². The molecule has 1 aromatic heterocycles. The molecule has 2 heterocycles. The lowest BCUT2D eigenvalue weighted by atomic mass is 10.1. The van der Waals surface area contributed by atoms with Crippen LogP contribution in [0.3, 0.4) is 0 Å². The van der Waals surface area contributed by atoms with Gasteiger partial charge < -0.3 is 4.74 Å². The second-order valence-corrected chi connectivity index (χ2v) is 6.30. The molecule has 0 saturated carbocycles. The molecule has 3 rings (SSSR count). The third-order valence-electron chi connectivity index (χ3n) is 4.26. The molecule has 0 bridgehead atoms. The lowest BCUT2D eigenvalue weighted by Crippen LogP contribution is -2.38. The van der Waals surface area contributed by atoms with Gasteiger partial charge in [-0.25, -0.2) is 4.98 Å². The van der Waals surface area contributed by atoms with Crippen molar-refractivity contribution in [3.63, 3.8) is 0 Å². The topological polar surface area (TPSA) is 38.2 Å². The Morgan fingerprint density at radius 3 is 2.44 bits per heavy atom. The summed E-state index contributed by atoms with van der Waals surface area (Å²) in [5.41, 5.74) is 1.51. The summed E-state index contributed by atoms with van der Waals surface area (Å²) in [7, 11) is 0. The number of nitrogens with zero attached hydrogens (tertiary/aromatic N) is 3. The number of hydrogen-bond donors (Lipinski definition) is 0. The van der Waals surface area contributed by atoms with E-state index in [0.717, 1.165) is 44.7 Å². The van der Waals surface area contributed by atoms with Gasteiger partial charge in [-0.15, -0.1) is 0 Å². The Balaban J connectivity index is 1.52. The maximum Gasteiger partial charge on any atom is 0.433 e. The van der Waals surface area contributed by atoms with Gasteiger partial charge in [0.2, 0.25) is 0 Å². The van der Waals surface area contributed by atoms with Gasteiger partial charge in [-0.1, -0.05) is 29.8 Å². The molecule has 1 fully saturated rings. The first kappa shape index (κ1) is 17.7. The molecule has 25 heavy (non-hydrogen) atoms. The Labute approximate surface area is 144 Å². The zero-order valence-electron chi connectivity index (χ0n) is 14.0. The van der Waals surface area contributed by atoms with Crippen LogP contribution in [0.15, 0.2) is 36.5 Å². The predicted octanol–water partition coefficient (Wildman–Crippen LogP) is 3.85. The fourth-order valence-corrected chi connectivity index (χ4v) is 2.84. The summed E-state index contributed by atoms with van der Waals surface area (Å²) in [6, 6.07) is 9.07. The van der Waals surface area contributed by atoms with Gasteiger partial charge in [0, 0.05) is 25.8 Å². The molecule has 1 saturated heterocycles. The second kappa shape index (κ2) is 7.39. The minimum atomic E-state index is -4.49. The Bertz CT molecular complexity index is 695. The zero-order chi connectivity index (χ0) is 17.9. The lowest BCUT2D eigenvalue weighted by Gasteiger charge is -2.31. The van der Waals surface area contributed by atoms with Crippen molar-refractivity contribution in [3.05, 3.63) is 53.3 Å². The van der Waals surface area contributed by atoms with E-state index < -0.39 is 11.9 Å². The van der Waals surface area contributed by atoms with Crippen molar-refractivity contribution in [2.75, 3.05) is 13.1 Å². The van der Waals surface area contributed by atoms with Gasteiger partial charge in [-0.2, -0.15) is 18.2 Å². The second-order valence-electron chi connectivity index (χ2n) is 6.30. The number of hydrogen-bond acceptors (Lipinski definition) is 4. The Kier molecular flexibility index (Phi) is 5.22. The quantitative estimate of drug-likeness (QED) is 0.839. The average Bonchev–Trinajstić information content (AvgIpc) is 2.58. The van der Waals surface area contributed by atoms with E-state index in [1.165, 1.54) is 11.1 Å². The molecular weight excluding hydrogens is 331 g/mol. The molecule has 134 valence electrons. The van der Waals surface area contributed by atoms with Gasteiger partial charge in [0.05, 0.1) is 0 Å². The van der Waals surface area contributed by atoms with Crippen molar-refractivity contribution in [2.45, 2.75) is 38.6 Å². The summed E-state index contributed by atoms with van der Waals surface area (Å²) in [6.45, 7) is 4.59. The summed E-state index contributed by atoms with van der Waals surface area (Å²) >= 11 is 0. The maximum atomic E-state index is 12.7. The van der Waals surface area contributed by atoms with Crippen molar-refractivity contribution < 1.29 is 17.9 Å². The third-order valence-corrected chi connectivity index (χ3v) is 4.26. The molecule has 1 aromatic carbocycles. The molecule has 0 aliphatic carbocycles. The minimum Gasteiger partial charge on any atom is -0.460 e. The SMILES string of the molecule is Cc1ccc(CN2CCC(Oc3nccc(C(F)(F)F)n3)CC2)cc1. The van der Waals surface area contributed by atoms with Gasteiger partial charge in [0.25, 0.3) is 0 Å². The number of aromatic nitrogens is 2. The standard InChI is InChI=1S/C18H20F3N3O/c1-13-2-4-14(5-3-13)12-24-10-7-15(8-11-24)25-17-22-9-6-16(23-17)18(19,20)21/h2-6,9,15H,7-8,10-12H2,1H3. The first-order chi connectivity index (χ1) is 11.9. The van der Waals surface area contributed by atoms with Crippen LogP contribution in [0.1, 0.15) is 29.7 Å². The summed E-state index contributed by atoms with van der Waals surface area (Å²) in [5.74, 6) is 0. The van der Waals surface area contributed by atoms with Crippen molar-refractivity contribution in [2.24, 2.45) is 0 Å². The molecule has 0 amide bonds. The molecule has 0 atom stereocenters. The van der Waals surface area contributed by atoms with Crippen LogP contribution in [0.25, 0.3) is 0 Å². The Hall–Kier alpha value is -2.15. The Morgan fingerprint density at radius 2 is 1.80 bits per heavy atom. The molecule has 0 N–H and O–H groups in total. The number of halogens is 3. The van der Waals surface area contributed by atoms with Crippen molar-refractivity contribution in [1.29, 1.82) is 0 Å². The monoisotopic (exact) mass is 351 g/mol. The number of likely N-dealkylation sites (tertiary alicyclic amines) is 1. The number of aryl methyl sites for hydroxylation is 1. The summed E-state index contributed by atoms with van der Waals surface area (Å²) in [5, 5.41) is 0. The third kappa shape index (κ3) is 4.92. The van der Waals surface area contributed by atoms with Gasteiger partial charge in [0.15, 0.2) is 5.69 Å².